The first kappa shape index (κ1) is 19.7. The number of piperidine rings is 2. The summed E-state index contributed by atoms with van der Waals surface area (Å²) in [4.78, 5) is 21.6. The Kier molecular flexibility index (Phi) is 6.02. The molecule has 0 radical (unpaired) electrons. The third-order valence-electron chi connectivity index (χ3n) is 6.24. The van der Waals surface area contributed by atoms with Gasteiger partial charge in [-0.05, 0) is 73.9 Å². The highest BCUT2D eigenvalue weighted by atomic mass is 16.2. The summed E-state index contributed by atoms with van der Waals surface area (Å²) in [5.74, 6) is 2.27. The molecule has 3 heterocycles. The summed E-state index contributed by atoms with van der Waals surface area (Å²) in [5.41, 5.74) is 2.96. The van der Waals surface area contributed by atoms with Gasteiger partial charge in [-0.1, -0.05) is 13.8 Å². The number of benzene rings is 1. The Bertz CT molecular complexity index is 810. The first-order valence-electron chi connectivity index (χ1n) is 11.0. The van der Waals surface area contributed by atoms with Crippen LogP contribution in [-0.4, -0.2) is 42.0 Å². The smallest absolute Gasteiger partial charge is 0.255 e. The molecule has 1 amide bonds. The van der Waals surface area contributed by atoms with Crippen LogP contribution in [0.15, 0.2) is 42.6 Å². The molecule has 1 aromatic heterocycles. The lowest BCUT2D eigenvalue weighted by atomic mass is 9.99. The molecule has 5 nitrogen and oxygen atoms in total. The average Bonchev–Trinajstić information content (AvgIpc) is 2.75. The maximum absolute atomic E-state index is 12.7. The second-order valence-corrected chi connectivity index (χ2v) is 8.77. The van der Waals surface area contributed by atoms with E-state index in [1.54, 1.807) is 6.20 Å². The molecule has 2 aliphatic heterocycles. The number of rotatable bonds is 4. The predicted molar refractivity (Wildman–Crippen MR) is 119 cm³/mol. The Hall–Kier alpha value is -2.56. The molecule has 2 fully saturated rings. The zero-order chi connectivity index (χ0) is 20.2. The fourth-order valence-corrected chi connectivity index (χ4v) is 4.32. The molecule has 1 aromatic carbocycles. The van der Waals surface area contributed by atoms with Gasteiger partial charge in [0.1, 0.15) is 5.82 Å². The molecule has 1 N–H and O–H groups in total. The van der Waals surface area contributed by atoms with Crippen molar-refractivity contribution in [2.45, 2.75) is 39.5 Å². The first-order valence-corrected chi connectivity index (χ1v) is 11.0. The van der Waals surface area contributed by atoms with Crippen molar-refractivity contribution in [3.63, 3.8) is 0 Å². The monoisotopic (exact) mass is 392 g/mol. The van der Waals surface area contributed by atoms with Crippen molar-refractivity contribution in [2.24, 2.45) is 11.8 Å². The normalized spacial score (nSPS) is 20.6. The van der Waals surface area contributed by atoms with Crippen molar-refractivity contribution in [1.82, 2.24) is 9.88 Å². The molecule has 1 atom stereocenters. The number of likely N-dealkylation sites (tertiary alicyclic amines) is 1. The van der Waals surface area contributed by atoms with Crippen molar-refractivity contribution < 1.29 is 4.79 Å². The SMILES string of the molecule is CC1CCN(c2ccc(Nc3ccc(C(=O)N4CCCC(C)C4)cn3)cc2)CC1. The number of nitrogens with zero attached hydrogens (tertiary/aromatic N) is 3. The van der Waals surface area contributed by atoms with Gasteiger partial charge < -0.3 is 15.1 Å². The maximum atomic E-state index is 12.7. The lowest BCUT2D eigenvalue weighted by Gasteiger charge is -2.32. The lowest BCUT2D eigenvalue weighted by Crippen LogP contribution is -2.39. The molecule has 2 aliphatic rings. The summed E-state index contributed by atoms with van der Waals surface area (Å²) in [7, 11) is 0. The van der Waals surface area contributed by atoms with E-state index in [0.717, 1.165) is 50.0 Å². The van der Waals surface area contributed by atoms with E-state index in [-0.39, 0.29) is 5.91 Å². The Morgan fingerprint density at radius 1 is 0.966 bits per heavy atom. The van der Waals surface area contributed by atoms with Crippen LogP contribution in [0.2, 0.25) is 0 Å². The highest BCUT2D eigenvalue weighted by Gasteiger charge is 2.22. The molecule has 154 valence electrons. The molecular formula is C24H32N4O. The Morgan fingerprint density at radius 2 is 1.72 bits per heavy atom. The summed E-state index contributed by atoms with van der Waals surface area (Å²) >= 11 is 0. The minimum absolute atomic E-state index is 0.0933. The van der Waals surface area contributed by atoms with Crippen LogP contribution in [0.25, 0.3) is 0 Å². The fourth-order valence-electron chi connectivity index (χ4n) is 4.32. The number of hydrogen-bond acceptors (Lipinski definition) is 4. The van der Waals surface area contributed by atoms with Gasteiger partial charge in [0.25, 0.3) is 5.91 Å². The zero-order valence-electron chi connectivity index (χ0n) is 17.6. The van der Waals surface area contributed by atoms with Crippen LogP contribution in [0.3, 0.4) is 0 Å². The van der Waals surface area contributed by atoms with E-state index in [0.29, 0.717) is 11.5 Å². The number of pyridine rings is 1. The second kappa shape index (κ2) is 8.85. The predicted octanol–water partition coefficient (Wildman–Crippen LogP) is 4.93. The van der Waals surface area contributed by atoms with Crippen molar-refractivity contribution in [2.75, 3.05) is 36.4 Å². The molecule has 1 unspecified atom stereocenters. The van der Waals surface area contributed by atoms with Crippen LogP contribution < -0.4 is 10.2 Å². The van der Waals surface area contributed by atoms with Crippen molar-refractivity contribution in [3.05, 3.63) is 48.2 Å². The minimum Gasteiger partial charge on any atom is -0.372 e. The van der Waals surface area contributed by atoms with Crippen LogP contribution in [0.5, 0.6) is 0 Å². The van der Waals surface area contributed by atoms with Crippen LogP contribution >= 0.6 is 0 Å². The second-order valence-electron chi connectivity index (χ2n) is 8.77. The molecule has 2 saturated heterocycles. The van der Waals surface area contributed by atoms with Crippen LogP contribution in [0.4, 0.5) is 17.2 Å². The summed E-state index contributed by atoms with van der Waals surface area (Å²) in [6, 6.07) is 12.3. The third kappa shape index (κ3) is 4.89. The highest BCUT2D eigenvalue weighted by molar-refractivity contribution is 5.94. The lowest BCUT2D eigenvalue weighted by molar-refractivity contribution is 0.0682. The van der Waals surface area contributed by atoms with Crippen molar-refractivity contribution in [3.8, 4) is 0 Å². The zero-order valence-corrected chi connectivity index (χ0v) is 17.6. The summed E-state index contributed by atoms with van der Waals surface area (Å²) in [6.07, 6.45) is 6.52. The number of aromatic nitrogens is 1. The van der Waals surface area contributed by atoms with E-state index in [4.69, 9.17) is 0 Å². The molecule has 0 spiro atoms. The Labute approximate surface area is 174 Å². The highest BCUT2D eigenvalue weighted by Crippen LogP contribution is 2.25. The molecule has 4 rings (SSSR count). The largest absolute Gasteiger partial charge is 0.372 e. The molecule has 2 aromatic rings. The minimum atomic E-state index is 0.0933. The van der Waals surface area contributed by atoms with Gasteiger partial charge in [0.2, 0.25) is 0 Å². The standard InChI is InChI=1S/C24H32N4O/c1-18-11-14-27(15-12-18)22-8-6-21(7-9-22)26-23-10-5-20(16-25-23)24(29)28-13-3-4-19(2)17-28/h5-10,16,18-19H,3-4,11-15,17H2,1-2H3,(H,25,26). The van der Waals surface area contributed by atoms with Gasteiger partial charge in [-0.25, -0.2) is 4.98 Å². The summed E-state index contributed by atoms with van der Waals surface area (Å²) in [5, 5.41) is 3.34. The quantitative estimate of drug-likeness (QED) is 0.801. The Balaban J connectivity index is 1.35. The van der Waals surface area contributed by atoms with E-state index in [1.807, 2.05) is 17.0 Å². The van der Waals surface area contributed by atoms with Gasteiger partial charge in [0, 0.05) is 43.8 Å². The summed E-state index contributed by atoms with van der Waals surface area (Å²) < 4.78 is 0. The summed E-state index contributed by atoms with van der Waals surface area (Å²) in [6.45, 7) is 8.53. The molecule has 29 heavy (non-hydrogen) atoms. The van der Waals surface area contributed by atoms with Gasteiger partial charge >= 0.3 is 0 Å². The number of carbonyl (C=O) groups is 1. The van der Waals surface area contributed by atoms with E-state index in [9.17, 15) is 4.79 Å². The maximum Gasteiger partial charge on any atom is 0.255 e. The molecule has 0 saturated carbocycles. The number of carbonyl (C=O) groups excluding carboxylic acids is 1. The van der Waals surface area contributed by atoms with E-state index in [1.165, 1.54) is 24.9 Å². The molecule has 0 bridgehead atoms. The van der Waals surface area contributed by atoms with Crippen molar-refractivity contribution >= 4 is 23.1 Å². The van der Waals surface area contributed by atoms with E-state index < -0.39 is 0 Å². The average molecular weight is 393 g/mol. The molecule has 0 aliphatic carbocycles. The van der Waals surface area contributed by atoms with Gasteiger partial charge in [-0.15, -0.1) is 0 Å². The molecular weight excluding hydrogens is 360 g/mol. The number of amides is 1. The van der Waals surface area contributed by atoms with Crippen molar-refractivity contribution in [1.29, 1.82) is 0 Å². The third-order valence-corrected chi connectivity index (χ3v) is 6.24. The Morgan fingerprint density at radius 3 is 2.38 bits per heavy atom. The number of nitrogens with one attached hydrogen (secondary N) is 1. The van der Waals surface area contributed by atoms with Gasteiger partial charge in [0.05, 0.1) is 5.56 Å². The van der Waals surface area contributed by atoms with Crippen LogP contribution in [-0.2, 0) is 0 Å². The van der Waals surface area contributed by atoms with E-state index >= 15 is 0 Å². The first-order chi connectivity index (χ1) is 14.1. The topological polar surface area (TPSA) is 48.5 Å². The van der Waals surface area contributed by atoms with Gasteiger partial charge in [-0.2, -0.15) is 0 Å². The van der Waals surface area contributed by atoms with Gasteiger partial charge in [-0.3, -0.25) is 4.79 Å². The number of anilines is 3. The van der Waals surface area contributed by atoms with Crippen LogP contribution in [0, 0.1) is 11.8 Å². The number of hydrogen-bond donors (Lipinski definition) is 1. The van der Waals surface area contributed by atoms with Gasteiger partial charge in [0.15, 0.2) is 0 Å². The molecule has 5 heteroatoms. The fraction of sp³-hybridized carbons (Fsp3) is 0.500. The van der Waals surface area contributed by atoms with Crippen LogP contribution in [0.1, 0.15) is 49.9 Å². The van der Waals surface area contributed by atoms with E-state index in [2.05, 4.69) is 53.3 Å².